The van der Waals surface area contributed by atoms with Gasteiger partial charge in [0.05, 0.1) is 0 Å². The third-order valence-corrected chi connectivity index (χ3v) is 3.55. The zero-order valence-electron chi connectivity index (χ0n) is 12.0. The first kappa shape index (κ1) is 14.4. The summed E-state index contributed by atoms with van der Waals surface area (Å²) in [6.07, 6.45) is 4.32. The molecule has 0 amide bonds. The van der Waals surface area contributed by atoms with Crippen molar-refractivity contribution in [2.24, 2.45) is 0 Å². The number of ether oxygens (including phenoxy) is 1. The smallest absolute Gasteiger partial charge is 0.122 e. The molecule has 1 aliphatic rings. The van der Waals surface area contributed by atoms with Crippen molar-refractivity contribution in [1.29, 1.82) is 0 Å². The topological polar surface area (TPSA) is 41.5 Å². The largest absolute Gasteiger partial charge is 0.491 e. The van der Waals surface area contributed by atoms with Gasteiger partial charge in [0.2, 0.25) is 0 Å². The summed E-state index contributed by atoms with van der Waals surface area (Å²) in [5, 5.41) is 13.1. The van der Waals surface area contributed by atoms with Gasteiger partial charge in [-0.2, -0.15) is 0 Å². The van der Waals surface area contributed by atoms with Gasteiger partial charge in [-0.05, 0) is 42.9 Å². The molecule has 106 valence electrons. The average Bonchev–Trinajstić information content (AvgIpc) is 2.42. The van der Waals surface area contributed by atoms with Crippen molar-refractivity contribution in [3.63, 3.8) is 0 Å². The lowest BCUT2D eigenvalue weighted by atomic mass is 9.91. The Morgan fingerprint density at radius 2 is 2.05 bits per heavy atom. The van der Waals surface area contributed by atoms with E-state index in [4.69, 9.17) is 4.74 Å². The van der Waals surface area contributed by atoms with Crippen LogP contribution in [0.3, 0.4) is 0 Å². The molecule has 0 spiro atoms. The Hall–Kier alpha value is -1.06. The average molecular weight is 263 g/mol. The number of fused-ring (bicyclic) bond motifs is 1. The van der Waals surface area contributed by atoms with Gasteiger partial charge < -0.3 is 15.2 Å². The molecule has 1 aromatic rings. The number of hydrogen-bond acceptors (Lipinski definition) is 3. The van der Waals surface area contributed by atoms with Crippen molar-refractivity contribution in [3.8, 4) is 5.75 Å². The Morgan fingerprint density at radius 1 is 1.26 bits per heavy atom. The minimum atomic E-state index is -0.457. The second-order valence-corrected chi connectivity index (χ2v) is 5.63. The number of aliphatic hydroxyl groups excluding tert-OH is 1. The van der Waals surface area contributed by atoms with E-state index in [1.807, 2.05) is 6.07 Å². The van der Waals surface area contributed by atoms with Gasteiger partial charge in [-0.15, -0.1) is 0 Å². The minimum absolute atomic E-state index is 0.357. The summed E-state index contributed by atoms with van der Waals surface area (Å²) < 4.78 is 5.81. The Kier molecular flexibility index (Phi) is 5.23. The summed E-state index contributed by atoms with van der Waals surface area (Å²) in [5.74, 6) is 0.959. The van der Waals surface area contributed by atoms with Crippen LogP contribution in [0.15, 0.2) is 18.2 Å². The van der Waals surface area contributed by atoms with Crippen LogP contribution in [-0.4, -0.2) is 30.4 Å². The lowest BCUT2D eigenvalue weighted by Gasteiger charge is -2.21. The molecule has 2 N–H and O–H groups in total. The van der Waals surface area contributed by atoms with Crippen LogP contribution in [0.25, 0.3) is 0 Å². The van der Waals surface area contributed by atoms with E-state index in [9.17, 15) is 5.11 Å². The van der Waals surface area contributed by atoms with Crippen LogP contribution in [0.1, 0.15) is 37.8 Å². The highest BCUT2D eigenvalue weighted by molar-refractivity contribution is 5.41. The highest BCUT2D eigenvalue weighted by atomic mass is 16.5. The van der Waals surface area contributed by atoms with E-state index in [0.29, 0.717) is 19.2 Å². The summed E-state index contributed by atoms with van der Waals surface area (Å²) in [5.41, 5.74) is 2.76. The molecule has 1 aliphatic carbocycles. The molecule has 1 atom stereocenters. The number of nitrogens with one attached hydrogen (secondary N) is 1. The van der Waals surface area contributed by atoms with E-state index in [0.717, 1.165) is 18.6 Å². The molecule has 3 nitrogen and oxygen atoms in total. The highest BCUT2D eigenvalue weighted by Crippen LogP contribution is 2.29. The molecule has 0 bridgehead atoms. The van der Waals surface area contributed by atoms with Crippen LogP contribution in [0, 0.1) is 0 Å². The normalized spacial score (nSPS) is 16.2. The van der Waals surface area contributed by atoms with Crippen molar-refractivity contribution in [2.75, 3.05) is 13.2 Å². The number of hydrogen-bond donors (Lipinski definition) is 2. The van der Waals surface area contributed by atoms with E-state index in [2.05, 4.69) is 31.3 Å². The number of benzene rings is 1. The van der Waals surface area contributed by atoms with Crippen LogP contribution in [0.2, 0.25) is 0 Å². The van der Waals surface area contributed by atoms with Crippen molar-refractivity contribution in [2.45, 2.75) is 51.7 Å². The third kappa shape index (κ3) is 4.22. The first-order valence-corrected chi connectivity index (χ1v) is 7.32. The molecule has 0 saturated carbocycles. The lowest BCUT2D eigenvalue weighted by Crippen LogP contribution is -2.35. The molecule has 0 unspecified atom stereocenters. The van der Waals surface area contributed by atoms with Gasteiger partial charge in [-0.3, -0.25) is 0 Å². The molecule has 0 fully saturated rings. The van der Waals surface area contributed by atoms with Gasteiger partial charge in [0, 0.05) is 12.6 Å². The van der Waals surface area contributed by atoms with Crippen LogP contribution >= 0.6 is 0 Å². The molecule has 0 heterocycles. The predicted molar refractivity (Wildman–Crippen MR) is 77.7 cm³/mol. The monoisotopic (exact) mass is 263 g/mol. The summed E-state index contributed by atoms with van der Waals surface area (Å²) in [6.45, 7) is 5.07. The van der Waals surface area contributed by atoms with Gasteiger partial charge in [0.1, 0.15) is 18.5 Å². The number of aliphatic hydroxyl groups is 1. The van der Waals surface area contributed by atoms with Gasteiger partial charge in [0.15, 0.2) is 0 Å². The summed E-state index contributed by atoms with van der Waals surface area (Å²) >= 11 is 0. The van der Waals surface area contributed by atoms with Crippen LogP contribution < -0.4 is 10.1 Å². The first-order chi connectivity index (χ1) is 9.16. The predicted octanol–water partition coefficient (Wildman–Crippen LogP) is 2.30. The lowest BCUT2D eigenvalue weighted by molar-refractivity contribution is 0.104. The summed E-state index contributed by atoms with van der Waals surface area (Å²) in [6, 6.07) is 6.66. The van der Waals surface area contributed by atoms with Crippen LogP contribution in [0.5, 0.6) is 5.75 Å². The second-order valence-electron chi connectivity index (χ2n) is 5.63. The molecule has 2 rings (SSSR count). The van der Waals surface area contributed by atoms with Gasteiger partial charge in [-0.1, -0.05) is 26.0 Å². The Morgan fingerprint density at radius 3 is 2.84 bits per heavy atom. The molecule has 0 aromatic heterocycles. The minimum Gasteiger partial charge on any atom is -0.491 e. The van der Waals surface area contributed by atoms with E-state index >= 15 is 0 Å². The van der Waals surface area contributed by atoms with Gasteiger partial charge >= 0.3 is 0 Å². The fourth-order valence-corrected chi connectivity index (χ4v) is 2.50. The fraction of sp³-hybridized carbons (Fsp3) is 0.625. The molecule has 0 radical (unpaired) electrons. The summed E-state index contributed by atoms with van der Waals surface area (Å²) in [7, 11) is 0. The third-order valence-electron chi connectivity index (χ3n) is 3.55. The van der Waals surface area contributed by atoms with Crippen molar-refractivity contribution in [1.82, 2.24) is 5.32 Å². The van der Waals surface area contributed by atoms with E-state index in [-0.39, 0.29) is 0 Å². The molecule has 3 heteroatoms. The molecule has 0 saturated heterocycles. The molecule has 1 aromatic carbocycles. The van der Waals surface area contributed by atoms with Crippen LogP contribution in [0.4, 0.5) is 0 Å². The molecular weight excluding hydrogens is 238 g/mol. The molecular formula is C16H25NO2. The second kappa shape index (κ2) is 6.92. The van der Waals surface area contributed by atoms with E-state index < -0.39 is 6.10 Å². The first-order valence-electron chi connectivity index (χ1n) is 7.32. The number of rotatable bonds is 6. The van der Waals surface area contributed by atoms with Crippen LogP contribution in [-0.2, 0) is 12.8 Å². The maximum absolute atomic E-state index is 9.88. The SMILES string of the molecule is CC(C)NC[C@@H](O)COc1cccc2c1CCCC2. The fourth-order valence-electron chi connectivity index (χ4n) is 2.50. The quantitative estimate of drug-likeness (QED) is 0.827. The Labute approximate surface area is 116 Å². The zero-order valence-corrected chi connectivity index (χ0v) is 12.0. The van der Waals surface area contributed by atoms with Gasteiger partial charge in [0.25, 0.3) is 0 Å². The van der Waals surface area contributed by atoms with Crippen molar-refractivity contribution < 1.29 is 9.84 Å². The maximum atomic E-state index is 9.88. The van der Waals surface area contributed by atoms with E-state index in [1.54, 1.807) is 0 Å². The Balaban J connectivity index is 1.89. The Bertz CT molecular complexity index is 404. The standard InChI is InChI=1S/C16H25NO2/c1-12(2)17-10-14(18)11-19-16-9-5-7-13-6-3-4-8-15(13)16/h5,7,9,12,14,17-18H,3-4,6,8,10-11H2,1-2H3/t14-/m1/s1. The van der Waals surface area contributed by atoms with E-state index in [1.165, 1.54) is 24.0 Å². The molecule has 0 aliphatic heterocycles. The molecule has 19 heavy (non-hydrogen) atoms. The summed E-state index contributed by atoms with van der Waals surface area (Å²) in [4.78, 5) is 0. The maximum Gasteiger partial charge on any atom is 0.122 e. The van der Waals surface area contributed by atoms with Gasteiger partial charge in [-0.25, -0.2) is 0 Å². The number of aryl methyl sites for hydroxylation is 1. The van der Waals surface area contributed by atoms with Crippen molar-refractivity contribution >= 4 is 0 Å². The zero-order chi connectivity index (χ0) is 13.7. The highest BCUT2D eigenvalue weighted by Gasteiger charge is 2.14. The van der Waals surface area contributed by atoms with Crippen molar-refractivity contribution in [3.05, 3.63) is 29.3 Å².